The van der Waals surface area contributed by atoms with Crippen molar-refractivity contribution in [1.82, 2.24) is 5.32 Å². The summed E-state index contributed by atoms with van der Waals surface area (Å²) in [5.41, 5.74) is 0. The third-order valence-corrected chi connectivity index (χ3v) is 4.67. The van der Waals surface area contributed by atoms with Crippen LogP contribution >= 0.6 is 39.1 Å². The Morgan fingerprint density at radius 2 is 2.00 bits per heavy atom. The van der Waals surface area contributed by atoms with E-state index in [0.717, 1.165) is 11.0 Å². The van der Waals surface area contributed by atoms with E-state index in [0.29, 0.717) is 27.8 Å². The standard InChI is InChI=1S/C14H18BrCl2NO/c1-8(2)14(7-18-9-3-4-9)19-13-6-11(16)10(15)5-12(13)17/h5-6,8-9,14,18H,3-4,7H2,1-2H3. The lowest BCUT2D eigenvalue weighted by molar-refractivity contribution is 0.148. The van der Waals surface area contributed by atoms with Gasteiger partial charge in [0, 0.05) is 23.1 Å². The topological polar surface area (TPSA) is 21.3 Å². The molecule has 1 aliphatic carbocycles. The monoisotopic (exact) mass is 365 g/mol. The molecule has 0 saturated heterocycles. The zero-order valence-corrected chi connectivity index (χ0v) is 14.1. The first kappa shape index (κ1) is 15.4. The summed E-state index contributed by atoms with van der Waals surface area (Å²) in [4.78, 5) is 0. The Balaban J connectivity index is 2.04. The molecule has 106 valence electrons. The molecule has 2 rings (SSSR count). The van der Waals surface area contributed by atoms with Crippen LogP contribution in [0.5, 0.6) is 5.75 Å². The fraction of sp³-hybridized carbons (Fsp3) is 0.571. The Bertz CT molecular complexity index is 449. The van der Waals surface area contributed by atoms with Crippen molar-refractivity contribution in [3.05, 3.63) is 26.7 Å². The molecular weight excluding hydrogens is 349 g/mol. The van der Waals surface area contributed by atoms with E-state index in [2.05, 4.69) is 35.1 Å². The first-order valence-corrected chi connectivity index (χ1v) is 8.07. The Morgan fingerprint density at radius 1 is 1.32 bits per heavy atom. The number of nitrogens with one attached hydrogen (secondary N) is 1. The number of hydrogen-bond donors (Lipinski definition) is 1. The van der Waals surface area contributed by atoms with Crippen LogP contribution in [0.15, 0.2) is 16.6 Å². The first-order chi connectivity index (χ1) is 8.97. The van der Waals surface area contributed by atoms with Gasteiger partial charge in [0.05, 0.1) is 10.0 Å². The van der Waals surface area contributed by atoms with Crippen LogP contribution in [0.2, 0.25) is 10.0 Å². The van der Waals surface area contributed by atoms with Gasteiger partial charge in [0.1, 0.15) is 11.9 Å². The van der Waals surface area contributed by atoms with Gasteiger partial charge in [-0.2, -0.15) is 0 Å². The van der Waals surface area contributed by atoms with Crippen molar-refractivity contribution in [3.63, 3.8) is 0 Å². The van der Waals surface area contributed by atoms with E-state index in [9.17, 15) is 0 Å². The van der Waals surface area contributed by atoms with E-state index in [4.69, 9.17) is 27.9 Å². The highest BCUT2D eigenvalue weighted by Crippen LogP contribution is 2.35. The minimum atomic E-state index is 0.0929. The molecule has 19 heavy (non-hydrogen) atoms. The van der Waals surface area contributed by atoms with Crippen molar-refractivity contribution in [2.75, 3.05) is 6.54 Å². The van der Waals surface area contributed by atoms with E-state index in [-0.39, 0.29) is 6.10 Å². The molecule has 0 heterocycles. The van der Waals surface area contributed by atoms with Gasteiger partial charge in [-0.15, -0.1) is 0 Å². The SMILES string of the molecule is CC(C)C(CNC1CC1)Oc1cc(Cl)c(Br)cc1Cl. The van der Waals surface area contributed by atoms with Crippen LogP contribution in [-0.2, 0) is 0 Å². The predicted molar refractivity (Wildman–Crippen MR) is 84.4 cm³/mol. The maximum Gasteiger partial charge on any atom is 0.139 e. The molecule has 1 atom stereocenters. The van der Waals surface area contributed by atoms with Gasteiger partial charge in [-0.1, -0.05) is 37.0 Å². The van der Waals surface area contributed by atoms with Crippen molar-refractivity contribution < 1.29 is 4.74 Å². The highest BCUT2D eigenvalue weighted by atomic mass is 79.9. The maximum absolute atomic E-state index is 6.19. The summed E-state index contributed by atoms with van der Waals surface area (Å²) in [6, 6.07) is 4.21. The normalized spacial score (nSPS) is 16.7. The van der Waals surface area contributed by atoms with Gasteiger partial charge in [0.15, 0.2) is 0 Å². The fourth-order valence-corrected chi connectivity index (χ4v) is 2.58. The quantitative estimate of drug-likeness (QED) is 0.722. The zero-order chi connectivity index (χ0) is 14.0. The molecule has 1 saturated carbocycles. The Hall–Kier alpha value is 0.0400. The average molecular weight is 367 g/mol. The molecule has 1 unspecified atom stereocenters. The van der Waals surface area contributed by atoms with Crippen molar-refractivity contribution in [1.29, 1.82) is 0 Å². The fourth-order valence-electron chi connectivity index (χ4n) is 1.74. The van der Waals surface area contributed by atoms with E-state index < -0.39 is 0 Å². The highest BCUT2D eigenvalue weighted by molar-refractivity contribution is 9.10. The number of benzene rings is 1. The molecule has 1 aliphatic rings. The molecule has 0 radical (unpaired) electrons. The van der Waals surface area contributed by atoms with Crippen molar-refractivity contribution in [2.24, 2.45) is 5.92 Å². The van der Waals surface area contributed by atoms with Crippen LogP contribution in [0, 0.1) is 5.92 Å². The molecule has 2 nitrogen and oxygen atoms in total. The molecule has 0 spiro atoms. The number of halogens is 3. The molecule has 0 aromatic heterocycles. The Kier molecular flexibility index (Phi) is 5.41. The van der Waals surface area contributed by atoms with Crippen molar-refractivity contribution in [3.8, 4) is 5.75 Å². The molecule has 1 aromatic carbocycles. The van der Waals surface area contributed by atoms with Gasteiger partial charge >= 0.3 is 0 Å². The van der Waals surface area contributed by atoms with E-state index in [1.807, 2.05) is 0 Å². The zero-order valence-electron chi connectivity index (χ0n) is 11.1. The van der Waals surface area contributed by atoms with Crippen LogP contribution in [0.1, 0.15) is 26.7 Å². The van der Waals surface area contributed by atoms with Crippen LogP contribution in [0.25, 0.3) is 0 Å². The molecule has 0 aliphatic heterocycles. The molecular formula is C14H18BrCl2NO. The summed E-state index contributed by atoms with van der Waals surface area (Å²) in [6.45, 7) is 5.13. The van der Waals surface area contributed by atoms with Gasteiger partial charge in [-0.05, 0) is 40.8 Å². The minimum absolute atomic E-state index is 0.0929. The minimum Gasteiger partial charge on any atom is -0.487 e. The van der Waals surface area contributed by atoms with Gasteiger partial charge in [-0.25, -0.2) is 0 Å². The predicted octanol–water partition coefficient (Wildman–Crippen LogP) is 4.91. The number of rotatable bonds is 6. The van der Waals surface area contributed by atoms with Crippen molar-refractivity contribution >= 4 is 39.1 Å². The second-order valence-electron chi connectivity index (χ2n) is 5.28. The average Bonchev–Trinajstić information content (AvgIpc) is 3.14. The third-order valence-electron chi connectivity index (χ3n) is 3.18. The molecule has 0 bridgehead atoms. The Labute approximate surface area is 132 Å². The van der Waals surface area contributed by atoms with E-state index in [1.54, 1.807) is 12.1 Å². The first-order valence-electron chi connectivity index (χ1n) is 6.52. The van der Waals surface area contributed by atoms with Crippen LogP contribution in [0.3, 0.4) is 0 Å². The smallest absolute Gasteiger partial charge is 0.139 e. The summed E-state index contributed by atoms with van der Waals surface area (Å²) < 4.78 is 6.80. The number of hydrogen-bond acceptors (Lipinski definition) is 2. The summed E-state index contributed by atoms with van der Waals surface area (Å²) in [6.07, 6.45) is 2.64. The molecule has 1 N–H and O–H groups in total. The summed E-state index contributed by atoms with van der Waals surface area (Å²) >= 11 is 15.6. The van der Waals surface area contributed by atoms with Gasteiger partial charge in [0.25, 0.3) is 0 Å². The third kappa shape index (κ3) is 4.52. The molecule has 0 amide bonds. The van der Waals surface area contributed by atoms with Gasteiger partial charge in [0.2, 0.25) is 0 Å². The summed E-state index contributed by atoms with van der Waals surface area (Å²) in [5, 5.41) is 4.68. The lowest BCUT2D eigenvalue weighted by Gasteiger charge is -2.24. The summed E-state index contributed by atoms with van der Waals surface area (Å²) in [7, 11) is 0. The van der Waals surface area contributed by atoms with E-state index >= 15 is 0 Å². The molecule has 1 aromatic rings. The Morgan fingerprint density at radius 3 is 2.58 bits per heavy atom. The second-order valence-corrected chi connectivity index (χ2v) is 6.95. The second kappa shape index (κ2) is 6.66. The summed E-state index contributed by atoms with van der Waals surface area (Å²) in [5.74, 6) is 1.05. The van der Waals surface area contributed by atoms with Crippen LogP contribution in [-0.4, -0.2) is 18.7 Å². The highest BCUT2D eigenvalue weighted by Gasteiger charge is 2.24. The maximum atomic E-state index is 6.19. The van der Waals surface area contributed by atoms with Crippen LogP contribution < -0.4 is 10.1 Å². The molecule has 5 heteroatoms. The molecule has 1 fully saturated rings. The van der Waals surface area contributed by atoms with Crippen LogP contribution in [0.4, 0.5) is 0 Å². The van der Waals surface area contributed by atoms with Gasteiger partial charge < -0.3 is 10.1 Å². The largest absolute Gasteiger partial charge is 0.487 e. The van der Waals surface area contributed by atoms with Gasteiger partial charge in [-0.3, -0.25) is 0 Å². The number of ether oxygens (including phenoxy) is 1. The lowest BCUT2D eigenvalue weighted by Crippen LogP contribution is -2.36. The van der Waals surface area contributed by atoms with E-state index in [1.165, 1.54) is 12.8 Å². The lowest BCUT2D eigenvalue weighted by atomic mass is 10.1. The van der Waals surface area contributed by atoms with Crippen molar-refractivity contribution in [2.45, 2.75) is 38.8 Å².